The number of aliphatic hydroxyl groups is 1. The Kier molecular flexibility index (Phi) is 4.33. The molecule has 0 aliphatic carbocycles. The Bertz CT molecular complexity index is 495. The van der Waals surface area contributed by atoms with Crippen molar-refractivity contribution < 1.29 is 9.50 Å². The predicted molar refractivity (Wildman–Crippen MR) is 73.5 cm³/mol. The predicted octanol–water partition coefficient (Wildman–Crippen LogP) is 3.60. The summed E-state index contributed by atoms with van der Waals surface area (Å²) >= 11 is 1.69. The van der Waals surface area contributed by atoms with Gasteiger partial charge in [0.25, 0.3) is 0 Å². The Morgan fingerprint density at radius 2 is 1.94 bits per heavy atom. The minimum Gasteiger partial charge on any atom is -0.394 e. The summed E-state index contributed by atoms with van der Waals surface area (Å²) in [7, 11) is 0. The average Bonchev–Trinajstić information content (AvgIpc) is 2.87. The van der Waals surface area contributed by atoms with Gasteiger partial charge in [-0.15, -0.1) is 11.3 Å². The Balaban J connectivity index is 2.11. The van der Waals surface area contributed by atoms with Crippen LogP contribution in [-0.2, 0) is 6.42 Å². The van der Waals surface area contributed by atoms with Gasteiger partial charge in [0.05, 0.1) is 12.6 Å². The highest BCUT2D eigenvalue weighted by Gasteiger charge is 2.12. The molecular weight excluding hydrogens is 249 g/mol. The molecule has 1 atom stereocenters. The van der Waals surface area contributed by atoms with Crippen LogP contribution >= 0.6 is 11.3 Å². The van der Waals surface area contributed by atoms with Crippen LogP contribution in [0.15, 0.2) is 36.4 Å². The van der Waals surface area contributed by atoms with Crippen molar-refractivity contribution in [3.63, 3.8) is 0 Å². The van der Waals surface area contributed by atoms with Crippen LogP contribution in [0.4, 0.5) is 10.1 Å². The molecule has 1 unspecified atom stereocenters. The molecule has 18 heavy (non-hydrogen) atoms. The molecule has 0 spiro atoms. The first kappa shape index (κ1) is 13.1. The van der Waals surface area contributed by atoms with E-state index in [2.05, 4.69) is 18.3 Å². The second-order valence-corrected chi connectivity index (χ2v) is 5.24. The molecule has 0 saturated carbocycles. The van der Waals surface area contributed by atoms with E-state index in [1.807, 2.05) is 6.07 Å². The van der Waals surface area contributed by atoms with Gasteiger partial charge in [-0.05, 0) is 42.8 Å². The fourth-order valence-electron chi connectivity index (χ4n) is 1.73. The van der Waals surface area contributed by atoms with Gasteiger partial charge < -0.3 is 10.4 Å². The molecule has 2 nitrogen and oxygen atoms in total. The van der Waals surface area contributed by atoms with E-state index in [1.54, 1.807) is 23.5 Å². The topological polar surface area (TPSA) is 32.3 Å². The van der Waals surface area contributed by atoms with Gasteiger partial charge in [0.15, 0.2) is 0 Å². The molecule has 1 aromatic carbocycles. The van der Waals surface area contributed by atoms with Crippen molar-refractivity contribution >= 4 is 17.0 Å². The summed E-state index contributed by atoms with van der Waals surface area (Å²) in [5.74, 6) is -0.259. The quantitative estimate of drug-likeness (QED) is 0.866. The third kappa shape index (κ3) is 3.09. The van der Waals surface area contributed by atoms with Gasteiger partial charge in [0, 0.05) is 15.4 Å². The second kappa shape index (κ2) is 5.98. The molecule has 0 bridgehead atoms. The highest BCUT2D eigenvalue weighted by Crippen LogP contribution is 2.26. The highest BCUT2D eigenvalue weighted by atomic mass is 32.1. The Hall–Kier alpha value is -1.39. The van der Waals surface area contributed by atoms with Crippen LogP contribution in [0.1, 0.15) is 22.7 Å². The number of benzene rings is 1. The number of nitrogens with one attached hydrogen (secondary N) is 1. The molecule has 1 heterocycles. The second-order valence-electron chi connectivity index (χ2n) is 4.04. The molecule has 1 aromatic heterocycles. The van der Waals surface area contributed by atoms with Gasteiger partial charge in [0.2, 0.25) is 0 Å². The largest absolute Gasteiger partial charge is 0.394 e. The van der Waals surface area contributed by atoms with E-state index < -0.39 is 0 Å². The summed E-state index contributed by atoms with van der Waals surface area (Å²) in [4.78, 5) is 2.39. The van der Waals surface area contributed by atoms with E-state index >= 15 is 0 Å². The lowest BCUT2D eigenvalue weighted by Crippen LogP contribution is -2.13. The molecule has 2 rings (SSSR count). The van der Waals surface area contributed by atoms with E-state index in [0.29, 0.717) is 0 Å². The minimum absolute atomic E-state index is 0.0149. The third-order valence-corrected chi connectivity index (χ3v) is 4.09. The first-order chi connectivity index (χ1) is 8.72. The van der Waals surface area contributed by atoms with Crippen LogP contribution < -0.4 is 5.32 Å². The van der Waals surface area contributed by atoms with E-state index in [9.17, 15) is 9.50 Å². The van der Waals surface area contributed by atoms with E-state index in [-0.39, 0.29) is 18.5 Å². The van der Waals surface area contributed by atoms with Crippen LogP contribution in [0.5, 0.6) is 0 Å². The van der Waals surface area contributed by atoms with Crippen molar-refractivity contribution in [2.75, 3.05) is 11.9 Å². The number of thiophene rings is 1. The SMILES string of the molecule is CCc1ccc(C(CO)Nc2ccc(F)cc2)s1. The summed E-state index contributed by atoms with van der Waals surface area (Å²) in [5, 5.41) is 12.7. The number of aryl methyl sites for hydroxylation is 1. The highest BCUT2D eigenvalue weighted by molar-refractivity contribution is 7.12. The minimum atomic E-state index is -0.259. The first-order valence-corrected chi connectivity index (χ1v) is 6.76. The van der Waals surface area contributed by atoms with Crippen molar-refractivity contribution in [3.8, 4) is 0 Å². The normalized spacial score (nSPS) is 12.4. The smallest absolute Gasteiger partial charge is 0.123 e. The summed E-state index contributed by atoms with van der Waals surface area (Å²) in [6.07, 6.45) is 0.999. The Labute approximate surface area is 110 Å². The summed E-state index contributed by atoms with van der Waals surface area (Å²) in [6.45, 7) is 2.12. The number of hydrogen-bond acceptors (Lipinski definition) is 3. The number of anilines is 1. The van der Waals surface area contributed by atoms with E-state index in [1.165, 1.54) is 17.0 Å². The average molecular weight is 265 g/mol. The van der Waals surface area contributed by atoms with Crippen LogP contribution in [-0.4, -0.2) is 11.7 Å². The standard InChI is InChI=1S/C14H16FNOS/c1-2-12-7-8-14(18-12)13(9-17)16-11-5-3-10(15)4-6-11/h3-8,13,16-17H,2,9H2,1H3. The Morgan fingerprint density at radius 3 is 2.50 bits per heavy atom. The lowest BCUT2D eigenvalue weighted by Gasteiger charge is -2.16. The maximum absolute atomic E-state index is 12.8. The molecule has 0 aliphatic heterocycles. The van der Waals surface area contributed by atoms with E-state index in [4.69, 9.17) is 0 Å². The van der Waals surface area contributed by atoms with Crippen LogP contribution in [0.25, 0.3) is 0 Å². The molecule has 0 saturated heterocycles. The van der Waals surface area contributed by atoms with Crippen molar-refractivity contribution in [1.82, 2.24) is 0 Å². The van der Waals surface area contributed by atoms with Crippen LogP contribution in [0.3, 0.4) is 0 Å². The van der Waals surface area contributed by atoms with Crippen molar-refractivity contribution in [2.45, 2.75) is 19.4 Å². The lowest BCUT2D eigenvalue weighted by atomic mass is 10.2. The molecular formula is C14H16FNOS. The maximum Gasteiger partial charge on any atom is 0.123 e. The number of aliphatic hydroxyl groups excluding tert-OH is 1. The lowest BCUT2D eigenvalue weighted by molar-refractivity contribution is 0.278. The fourth-order valence-corrected chi connectivity index (χ4v) is 2.72. The van der Waals surface area contributed by atoms with Gasteiger partial charge in [-0.25, -0.2) is 4.39 Å². The summed E-state index contributed by atoms with van der Waals surface area (Å²) in [5.41, 5.74) is 0.807. The van der Waals surface area contributed by atoms with Crippen molar-refractivity contribution in [2.24, 2.45) is 0 Å². The van der Waals surface area contributed by atoms with Gasteiger partial charge >= 0.3 is 0 Å². The number of hydrogen-bond donors (Lipinski definition) is 2. The number of rotatable bonds is 5. The van der Waals surface area contributed by atoms with Crippen molar-refractivity contribution in [1.29, 1.82) is 0 Å². The molecule has 2 N–H and O–H groups in total. The van der Waals surface area contributed by atoms with Gasteiger partial charge in [-0.1, -0.05) is 6.92 Å². The molecule has 0 radical (unpaired) electrons. The summed E-state index contributed by atoms with van der Waals surface area (Å²) in [6, 6.07) is 10.1. The monoisotopic (exact) mass is 265 g/mol. The first-order valence-electron chi connectivity index (χ1n) is 5.94. The van der Waals surface area contributed by atoms with Gasteiger partial charge in [-0.2, -0.15) is 0 Å². The zero-order chi connectivity index (χ0) is 13.0. The number of halogens is 1. The maximum atomic E-state index is 12.8. The van der Waals surface area contributed by atoms with Crippen LogP contribution in [0.2, 0.25) is 0 Å². The molecule has 96 valence electrons. The molecule has 4 heteroatoms. The van der Waals surface area contributed by atoms with Gasteiger partial charge in [0.1, 0.15) is 5.82 Å². The zero-order valence-corrected chi connectivity index (χ0v) is 11.0. The van der Waals surface area contributed by atoms with Gasteiger partial charge in [-0.3, -0.25) is 0 Å². The molecule has 2 aromatic rings. The van der Waals surface area contributed by atoms with Crippen LogP contribution in [0, 0.1) is 5.82 Å². The third-order valence-electron chi connectivity index (χ3n) is 2.74. The molecule has 0 aliphatic rings. The Morgan fingerprint density at radius 1 is 1.22 bits per heavy atom. The molecule has 0 amide bonds. The fraction of sp³-hybridized carbons (Fsp3) is 0.286. The molecule has 0 fully saturated rings. The van der Waals surface area contributed by atoms with E-state index in [0.717, 1.165) is 17.0 Å². The summed E-state index contributed by atoms with van der Waals surface area (Å²) < 4.78 is 12.8. The zero-order valence-electron chi connectivity index (χ0n) is 10.2. The van der Waals surface area contributed by atoms with Crippen molar-refractivity contribution in [3.05, 3.63) is 52.0 Å².